The third-order valence-corrected chi connectivity index (χ3v) is 4.00. The second kappa shape index (κ2) is 9.17. The van der Waals surface area contributed by atoms with Crippen LogP contribution in [0.1, 0.15) is 22.5 Å². The second-order valence-corrected chi connectivity index (χ2v) is 6.13. The number of carbonyl (C=O) groups excluding carboxylic acids is 3. The van der Waals surface area contributed by atoms with Crippen molar-refractivity contribution < 1.29 is 37.0 Å². The molecule has 0 aliphatic carbocycles. The molecule has 0 fully saturated rings. The summed E-state index contributed by atoms with van der Waals surface area (Å²) in [6.07, 6.45) is -4.99. The number of halogens is 3. The quantitative estimate of drug-likeness (QED) is 0.538. The number of esters is 1. The van der Waals surface area contributed by atoms with Crippen LogP contribution >= 0.6 is 11.3 Å². The Morgan fingerprint density at radius 3 is 2.33 bits per heavy atom. The highest BCUT2D eigenvalue weighted by molar-refractivity contribution is 7.12. The van der Waals surface area contributed by atoms with E-state index in [4.69, 9.17) is 4.74 Å². The lowest BCUT2D eigenvalue weighted by atomic mass is 10.2. The van der Waals surface area contributed by atoms with E-state index in [-0.39, 0.29) is 24.3 Å². The molecular formula is C17H14F3NO5S. The molecular weight excluding hydrogens is 387 g/mol. The van der Waals surface area contributed by atoms with Gasteiger partial charge in [0.05, 0.1) is 11.3 Å². The van der Waals surface area contributed by atoms with E-state index in [2.05, 4.69) is 10.1 Å². The van der Waals surface area contributed by atoms with E-state index in [9.17, 15) is 27.6 Å². The summed E-state index contributed by atoms with van der Waals surface area (Å²) in [6.45, 7) is -0.577. The monoisotopic (exact) mass is 401 g/mol. The molecule has 1 heterocycles. The number of nitrogens with one attached hydrogen (secondary N) is 1. The van der Waals surface area contributed by atoms with Gasteiger partial charge in [-0.1, -0.05) is 6.07 Å². The summed E-state index contributed by atoms with van der Waals surface area (Å²) in [5.41, 5.74) is 0.207. The smallest absolute Gasteiger partial charge is 0.456 e. The predicted octanol–water partition coefficient (Wildman–Crippen LogP) is 3.79. The fraction of sp³-hybridized carbons (Fsp3) is 0.235. The molecule has 0 spiro atoms. The lowest BCUT2D eigenvalue weighted by Crippen LogP contribution is -2.21. The summed E-state index contributed by atoms with van der Waals surface area (Å²) in [5.74, 6) is -1.99. The molecule has 144 valence electrons. The van der Waals surface area contributed by atoms with Crippen molar-refractivity contribution in [1.82, 2.24) is 0 Å². The largest absolute Gasteiger partial charge is 0.573 e. The van der Waals surface area contributed by atoms with Crippen LogP contribution in [0, 0.1) is 0 Å². The van der Waals surface area contributed by atoms with Gasteiger partial charge in [-0.15, -0.1) is 24.5 Å². The number of rotatable bonds is 8. The van der Waals surface area contributed by atoms with Gasteiger partial charge < -0.3 is 14.8 Å². The van der Waals surface area contributed by atoms with Crippen LogP contribution in [0.5, 0.6) is 5.75 Å². The van der Waals surface area contributed by atoms with E-state index in [0.717, 1.165) is 12.1 Å². The Morgan fingerprint density at radius 1 is 1.04 bits per heavy atom. The highest BCUT2D eigenvalue weighted by Crippen LogP contribution is 2.23. The molecule has 2 aromatic rings. The van der Waals surface area contributed by atoms with Crippen LogP contribution in [-0.2, 0) is 14.3 Å². The average Bonchev–Trinajstić information content (AvgIpc) is 3.13. The summed E-state index contributed by atoms with van der Waals surface area (Å²) < 4.78 is 44.6. The molecule has 27 heavy (non-hydrogen) atoms. The van der Waals surface area contributed by atoms with Gasteiger partial charge in [0.25, 0.3) is 5.91 Å². The maximum atomic E-state index is 12.1. The van der Waals surface area contributed by atoms with Gasteiger partial charge >= 0.3 is 12.3 Å². The molecule has 0 aliphatic heterocycles. The minimum absolute atomic E-state index is 0.0262. The Bertz CT molecular complexity index is 788. The Morgan fingerprint density at radius 2 is 1.74 bits per heavy atom. The number of carbonyl (C=O) groups is 3. The number of ether oxygens (including phenoxy) is 2. The number of alkyl halides is 3. The van der Waals surface area contributed by atoms with E-state index in [1.165, 1.54) is 23.5 Å². The van der Waals surface area contributed by atoms with Crippen LogP contribution < -0.4 is 10.1 Å². The molecule has 1 aromatic heterocycles. The lowest BCUT2D eigenvalue weighted by molar-refractivity contribution is -0.274. The Balaban J connectivity index is 1.70. The first-order chi connectivity index (χ1) is 12.7. The van der Waals surface area contributed by atoms with Gasteiger partial charge in [-0.25, -0.2) is 0 Å². The van der Waals surface area contributed by atoms with Crippen molar-refractivity contribution in [2.75, 3.05) is 11.9 Å². The number of amides is 1. The van der Waals surface area contributed by atoms with Crippen molar-refractivity contribution in [2.24, 2.45) is 0 Å². The Labute approximate surface area is 155 Å². The van der Waals surface area contributed by atoms with E-state index < -0.39 is 30.6 Å². The zero-order chi connectivity index (χ0) is 19.9. The molecule has 10 heteroatoms. The van der Waals surface area contributed by atoms with Crippen LogP contribution in [-0.4, -0.2) is 30.6 Å². The van der Waals surface area contributed by atoms with Crippen LogP contribution in [0.2, 0.25) is 0 Å². The van der Waals surface area contributed by atoms with Crippen molar-refractivity contribution in [2.45, 2.75) is 19.2 Å². The Kier molecular flexibility index (Phi) is 6.94. The molecule has 0 aliphatic rings. The first-order valence-corrected chi connectivity index (χ1v) is 8.49. The summed E-state index contributed by atoms with van der Waals surface area (Å²) in [7, 11) is 0. The maximum Gasteiger partial charge on any atom is 0.573 e. The predicted molar refractivity (Wildman–Crippen MR) is 90.6 cm³/mol. The highest BCUT2D eigenvalue weighted by atomic mass is 32.1. The fourth-order valence-electron chi connectivity index (χ4n) is 1.93. The zero-order valence-corrected chi connectivity index (χ0v) is 14.6. The number of ketones is 1. The van der Waals surface area contributed by atoms with Crippen LogP contribution in [0.3, 0.4) is 0 Å². The van der Waals surface area contributed by atoms with E-state index >= 15 is 0 Å². The summed E-state index contributed by atoms with van der Waals surface area (Å²) in [6, 6.07) is 7.86. The number of hydrogen-bond acceptors (Lipinski definition) is 6. The van der Waals surface area contributed by atoms with Crippen LogP contribution in [0.15, 0.2) is 41.8 Å². The lowest BCUT2D eigenvalue weighted by Gasteiger charge is -2.10. The highest BCUT2D eigenvalue weighted by Gasteiger charge is 2.30. The van der Waals surface area contributed by atoms with Gasteiger partial charge in [0.2, 0.25) is 0 Å². The SMILES string of the molecule is O=C(COC(=O)CCC(=O)c1cccs1)Nc1ccc(OC(F)(F)F)cc1. The summed E-state index contributed by atoms with van der Waals surface area (Å²) in [4.78, 5) is 35.6. The number of anilines is 1. The molecule has 1 amide bonds. The number of benzene rings is 1. The average molecular weight is 401 g/mol. The standard InChI is InChI=1S/C17H14F3NO5S/c18-17(19,20)26-12-5-3-11(4-6-12)21-15(23)10-25-16(24)8-7-13(22)14-2-1-9-27-14/h1-6,9H,7-8,10H2,(H,21,23). The van der Waals surface area contributed by atoms with Gasteiger partial charge in [0.1, 0.15) is 5.75 Å². The van der Waals surface area contributed by atoms with Crippen LogP contribution in [0.4, 0.5) is 18.9 Å². The van der Waals surface area contributed by atoms with Gasteiger partial charge in [-0.2, -0.15) is 0 Å². The van der Waals surface area contributed by atoms with Crippen molar-refractivity contribution >= 4 is 34.7 Å². The summed E-state index contributed by atoms with van der Waals surface area (Å²) in [5, 5.41) is 4.10. The number of thiophene rings is 1. The van der Waals surface area contributed by atoms with Gasteiger partial charge in [-0.05, 0) is 35.7 Å². The van der Waals surface area contributed by atoms with E-state index in [1.54, 1.807) is 17.5 Å². The first kappa shape index (κ1) is 20.4. The van der Waals surface area contributed by atoms with Crippen molar-refractivity contribution in [3.05, 3.63) is 46.7 Å². The normalized spacial score (nSPS) is 10.9. The molecule has 0 atom stereocenters. The van der Waals surface area contributed by atoms with Gasteiger partial charge in [-0.3, -0.25) is 14.4 Å². The molecule has 0 saturated heterocycles. The van der Waals surface area contributed by atoms with E-state index in [0.29, 0.717) is 4.88 Å². The second-order valence-electron chi connectivity index (χ2n) is 5.18. The number of Topliss-reactive ketones (excluding diaryl/α,β-unsaturated/α-hetero) is 1. The molecule has 0 unspecified atom stereocenters. The van der Waals surface area contributed by atoms with Crippen molar-refractivity contribution in [3.63, 3.8) is 0 Å². The molecule has 0 radical (unpaired) electrons. The van der Waals surface area contributed by atoms with Gasteiger partial charge in [0.15, 0.2) is 12.4 Å². The molecule has 1 aromatic carbocycles. The maximum absolute atomic E-state index is 12.1. The minimum Gasteiger partial charge on any atom is -0.456 e. The van der Waals surface area contributed by atoms with Gasteiger partial charge in [0, 0.05) is 12.1 Å². The zero-order valence-electron chi connectivity index (χ0n) is 13.7. The Hall–Kier alpha value is -2.88. The van der Waals surface area contributed by atoms with E-state index in [1.807, 2.05) is 0 Å². The molecule has 1 N–H and O–H groups in total. The number of hydrogen-bond donors (Lipinski definition) is 1. The molecule has 0 saturated carbocycles. The molecule has 2 rings (SSSR count). The third kappa shape index (κ3) is 7.48. The molecule has 0 bridgehead atoms. The minimum atomic E-state index is -4.80. The third-order valence-electron chi connectivity index (χ3n) is 3.09. The summed E-state index contributed by atoms with van der Waals surface area (Å²) >= 11 is 1.27. The molecule has 6 nitrogen and oxygen atoms in total. The van der Waals surface area contributed by atoms with Crippen LogP contribution in [0.25, 0.3) is 0 Å². The fourth-order valence-corrected chi connectivity index (χ4v) is 2.63. The van der Waals surface area contributed by atoms with Crippen molar-refractivity contribution in [1.29, 1.82) is 0 Å². The first-order valence-electron chi connectivity index (χ1n) is 7.61. The van der Waals surface area contributed by atoms with Crippen molar-refractivity contribution in [3.8, 4) is 5.75 Å². The topological polar surface area (TPSA) is 81.7 Å².